The third-order valence-corrected chi connectivity index (χ3v) is 5.15. The molecule has 0 radical (unpaired) electrons. The van der Waals surface area contributed by atoms with E-state index in [0.29, 0.717) is 10.9 Å². The number of ether oxygens (including phenoxy) is 1. The molecule has 3 N–H and O–H groups in total. The van der Waals surface area contributed by atoms with E-state index in [4.69, 9.17) is 4.74 Å². The molecule has 142 valence electrons. The van der Waals surface area contributed by atoms with Crippen molar-refractivity contribution in [2.24, 2.45) is 0 Å². The number of nitrogens with zero attached hydrogens (tertiary/aromatic N) is 6. The molecule has 0 aliphatic carbocycles. The molecule has 5 rings (SSSR count). The normalized spacial score (nSPS) is 14.4. The number of aromatic amines is 1. The van der Waals surface area contributed by atoms with Crippen LogP contribution in [0.1, 0.15) is 0 Å². The molecule has 1 aliphatic rings. The Balaban J connectivity index is 1.34. The Bertz CT molecular complexity index is 1080. The molecule has 0 saturated carbocycles. The summed E-state index contributed by atoms with van der Waals surface area (Å²) in [5, 5.41) is 23.2. The van der Waals surface area contributed by atoms with Gasteiger partial charge >= 0.3 is 0 Å². The second-order valence-corrected chi connectivity index (χ2v) is 7.14. The molecule has 5 heterocycles. The lowest BCUT2D eigenvalue weighted by molar-refractivity contribution is 0.122. The number of fused-ring (bicyclic) bond motifs is 1. The van der Waals surface area contributed by atoms with Gasteiger partial charge < -0.3 is 20.3 Å². The molecule has 0 unspecified atom stereocenters. The molecule has 4 aromatic heterocycles. The molecule has 28 heavy (non-hydrogen) atoms. The average Bonchev–Trinajstić information content (AvgIpc) is 3.41. The van der Waals surface area contributed by atoms with Gasteiger partial charge in [-0.05, 0) is 18.2 Å². The van der Waals surface area contributed by atoms with Gasteiger partial charge in [0.1, 0.15) is 5.82 Å². The molecule has 0 amide bonds. The molecule has 0 spiro atoms. The second kappa shape index (κ2) is 7.37. The lowest BCUT2D eigenvalue weighted by Gasteiger charge is -2.25. The molecule has 10 nitrogen and oxygen atoms in total. The molecule has 4 aromatic rings. The number of aromatic nitrogens is 6. The van der Waals surface area contributed by atoms with E-state index in [1.807, 2.05) is 18.2 Å². The zero-order valence-electron chi connectivity index (χ0n) is 14.8. The minimum Gasteiger partial charge on any atom is -0.378 e. The third-order valence-electron chi connectivity index (χ3n) is 4.26. The van der Waals surface area contributed by atoms with Crippen molar-refractivity contribution in [3.8, 4) is 0 Å². The third kappa shape index (κ3) is 3.57. The highest BCUT2D eigenvalue weighted by Gasteiger charge is 2.16. The predicted octanol–water partition coefficient (Wildman–Crippen LogP) is 2.53. The van der Waals surface area contributed by atoms with Crippen LogP contribution in [0, 0.1) is 0 Å². The lowest BCUT2D eigenvalue weighted by atomic mass is 10.3. The van der Waals surface area contributed by atoms with E-state index in [-0.39, 0.29) is 0 Å². The Labute approximate surface area is 164 Å². The first-order valence-corrected chi connectivity index (χ1v) is 9.61. The molecule has 0 atom stereocenters. The Kier molecular flexibility index (Phi) is 4.43. The van der Waals surface area contributed by atoms with Crippen molar-refractivity contribution in [2.45, 2.75) is 0 Å². The fourth-order valence-electron chi connectivity index (χ4n) is 2.89. The molecular formula is C17H17N9OS. The average molecular weight is 395 g/mol. The standard InChI is InChI=1S/C17H17N9OS/c1-2-15(23-16-24-25-17(28-16)26-3-5-27-6-4-26)22-14-7-11(8-18-13(1)14)21-12-9-19-20-10-12/h1-2,7-10,21H,3-6H2,(H,19,20)(H,22,23,24). The predicted molar refractivity (Wildman–Crippen MR) is 108 cm³/mol. The largest absolute Gasteiger partial charge is 0.378 e. The molecule has 0 aromatic carbocycles. The van der Waals surface area contributed by atoms with Crippen molar-refractivity contribution in [1.29, 1.82) is 0 Å². The Hall–Kier alpha value is -3.31. The fourth-order valence-corrected chi connectivity index (χ4v) is 3.69. The molecule has 11 heteroatoms. The van der Waals surface area contributed by atoms with Gasteiger partial charge in [-0.3, -0.25) is 10.1 Å². The van der Waals surface area contributed by atoms with Crippen molar-refractivity contribution in [1.82, 2.24) is 30.4 Å². The number of pyridine rings is 2. The van der Waals surface area contributed by atoms with E-state index < -0.39 is 0 Å². The summed E-state index contributed by atoms with van der Waals surface area (Å²) in [6.45, 7) is 3.11. The number of hydrogen-bond acceptors (Lipinski definition) is 10. The van der Waals surface area contributed by atoms with Crippen molar-refractivity contribution in [3.05, 3.63) is 36.8 Å². The number of rotatable bonds is 5. The molecule has 1 saturated heterocycles. The van der Waals surface area contributed by atoms with Crippen LogP contribution in [-0.4, -0.2) is 56.7 Å². The first-order chi connectivity index (χ1) is 13.8. The van der Waals surface area contributed by atoms with Gasteiger partial charge in [-0.1, -0.05) is 11.3 Å². The maximum atomic E-state index is 5.38. The summed E-state index contributed by atoms with van der Waals surface area (Å²) in [7, 11) is 0. The van der Waals surface area contributed by atoms with E-state index in [9.17, 15) is 0 Å². The fraction of sp³-hybridized carbons (Fsp3) is 0.235. The van der Waals surface area contributed by atoms with Gasteiger partial charge in [0.05, 0.1) is 48.0 Å². The van der Waals surface area contributed by atoms with Crippen molar-refractivity contribution >= 4 is 49.8 Å². The van der Waals surface area contributed by atoms with Crippen LogP contribution in [0.25, 0.3) is 11.0 Å². The van der Waals surface area contributed by atoms with Crippen LogP contribution in [0.4, 0.5) is 27.5 Å². The summed E-state index contributed by atoms with van der Waals surface area (Å²) in [5.41, 5.74) is 3.29. The number of anilines is 5. The summed E-state index contributed by atoms with van der Waals surface area (Å²) in [4.78, 5) is 11.3. The van der Waals surface area contributed by atoms with Crippen molar-refractivity contribution in [2.75, 3.05) is 41.8 Å². The number of nitrogens with one attached hydrogen (secondary N) is 3. The molecule has 1 fully saturated rings. The van der Waals surface area contributed by atoms with Crippen LogP contribution < -0.4 is 15.5 Å². The van der Waals surface area contributed by atoms with Crippen LogP contribution in [0.5, 0.6) is 0 Å². The first-order valence-electron chi connectivity index (χ1n) is 8.79. The van der Waals surface area contributed by atoms with Gasteiger partial charge in [0, 0.05) is 19.3 Å². The van der Waals surface area contributed by atoms with Gasteiger partial charge in [0.15, 0.2) is 0 Å². The monoisotopic (exact) mass is 395 g/mol. The van der Waals surface area contributed by atoms with Gasteiger partial charge in [0.25, 0.3) is 0 Å². The summed E-state index contributed by atoms with van der Waals surface area (Å²) in [6.07, 6.45) is 5.25. The molecular weight excluding hydrogens is 378 g/mol. The zero-order chi connectivity index (χ0) is 18.8. The van der Waals surface area contributed by atoms with Crippen LogP contribution in [0.3, 0.4) is 0 Å². The number of H-pyrrole nitrogens is 1. The van der Waals surface area contributed by atoms with E-state index >= 15 is 0 Å². The molecule has 1 aliphatic heterocycles. The Morgan fingerprint density at radius 3 is 2.82 bits per heavy atom. The van der Waals surface area contributed by atoms with Crippen LogP contribution in [-0.2, 0) is 4.74 Å². The van der Waals surface area contributed by atoms with Gasteiger partial charge in [-0.25, -0.2) is 4.98 Å². The summed E-state index contributed by atoms with van der Waals surface area (Å²) in [5.74, 6) is 0.694. The minimum atomic E-state index is 0.694. The van der Waals surface area contributed by atoms with Crippen LogP contribution >= 0.6 is 11.3 Å². The van der Waals surface area contributed by atoms with Gasteiger partial charge in [-0.15, -0.1) is 10.2 Å². The van der Waals surface area contributed by atoms with E-state index in [2.05, 4.69) is 45.9 Å². The molecule has 0 bridgehead atoms. The first kappa shape index (κ1) is 16.8. The van der Waals surface area contributed by atoms with E-state index in [0.717, 1.165) is 53.8 Å². The number of hydrogen-bond donors (Lipinski definition) is 3. The summed E-state index contributed by atoms with van der Waals surface area (Å²) in [6, 6.07) is 5.75. The quantitative estimate of drug-likeness (QED) is 0.468. The maximum Gasteiger partial charge on any atom is 0.212 e. The van der Waals surface area contributed by atoms with Crippen LogP contribution in [0.2, 0.25) is 0 Å². The van der Waals surface area contributed by atoms with E-state index in [1.165, 1.54) is 11.3 Å². The highest BCUT2D eigenvalue weighted by Crippen LogP contribution is 2.27. The van der Waals surface area contributed by atoms with Gasteiger partial charge in [0.2, 0.25) is 10.3 Å². The second-order valence-electron chi connectivity index (χ2n) is 6.18. The smallest absolute Gasteiger partial charge is 0.212 e. The number of morpholine rings is 1. The summed E-state index contributed by atoms with van der Waals surface area (Å²) < 4.78 is 5.38. The van der Waals surface area contributed by atoms with Gasteiger partial charge in [-0.2, -0.15) is 5.10 Å². The maximum absolute atomic E-state index is 5.38. The lowest BCUT2D eigenvalue weighted by Crippen LogP contribution is -2.36. The highest BCUT2D eigenvalue weighted by atomic mass is 32.1. The van der Waals surface area contributed by atoms with Crippen molar-refractivity contribution < 1.29 is 4.74 Å². The van der Waals surface area contributed by atoms with Crippen molar-refractivity contribution in [3.63, 3.8) is 0 Å². The SMILES string of the molecule is c1n[nH]cc1Nc1cnc2ccc(Nc3nnc(N4CCOCC4)s3)nc2c1. The Morgan fingerprint density at radius 1 is 1.04 bits per heavy atom. The van der Waals surface area contributed by atoms with E-state index in [1.54, 1.807) is 18.6 Å². The zero-order valence-corrected chi connectivity index (χ0v) is 15.6. The summed E-state index contributed by atoms with van der Waals surface area (Å²) >= 11 is 1.50. The van der Waals surface area contributed by atoms with Crippen LogP contribution in [0.15, 0.2) is 36.8 Å². The minimum absolute atomic E-state index is 0.694. The highest BCUT2D eigenvalue weighted by molar-refractivity contribution is 7.19. The topological polar surface area (TPSA) is 117 Å². The Morgan fingerprint density at radius 2 is 1.96 bits per heavy atom.